The van der Waals surface area contributed by atoms with E-state index in [1.807, 2.05) is 0 Å². The molecule has 2 rings (SSSR count). The molecule has 0 fully saturated rings. The topological polar surface area (TPSA) is 107 Å². The number of Topliss-reactive ketones (excluding diaryl/α,β-unsaturated/α-hetero) is 1. The average molecular weight is 332 g/mol. The van der Waals surface area contributed by atoms with Crippen LogP contribution in [0.3, 0.4) is 0 Å². The molecule has 120 valence electrons. The molecule has 0 bridgehead atoms. The highest BCUT2D eigenvalue weighted by Gasteiger charge is 2.18. The van der Waals surface area contributed by atoms with Crippen molar-refractivity contribution in [2.45, 2.75) is 13.8 Å². The smallest absolute Gasteiger partial charge is 0.360 e. The van der Waals surface area contributed by atoms with E-state index in [9.17, 15) is 9.59 Å². The lowest BCUT2D eigenvalue weighted by molar-refractivity contribution is -0.134. The van der Waals surface area contributed by atoms with Gasteiger partial charge in [-0.25, -0.2) is 9.78 Å². The highest BCUT2D eigenvalue weighted by molar-refractivity contribution is 7.18. The summed E-state index contributed by atoms with van der Waals surface area (Å²) in [5.41, 5.74) is 9.69. The highest BCUT2D eigenvalue weighted by Crippen LogP contribution is 2.17. The van der Waals surface area contributed by atoms with Gasteiger partial charge in [0.05, 0.1) is 17.2 Å². The highest BCUT2D eigenvalue weighted by atomic mass is 32.1. The van der Waals surface area contributed by atoms with E-state index >= 15 is 0 Å². The molecule has 7 nitrogen and oxygen atoms in total. The number of aromatic nitrogens is 1. The Hall–Kier alpha value is -2.74. The summed E-state index contributed by atoms with van der Waals surface area (Å²) in [4.78, 5) is 27.7. The number of hydrazone groups is 1. The minimum Gasteiger partial charge on any atom is -0.461 e. The SMILES string of the molecule is CCOC(=O)C(=NNc1ccc(C(C)=O)cc1)c1cnc(N)s1. The Morgan fingerprint density at radius 3 is 2.57 bits per heavy atom. The van der Waals surface area contributed by atoms with Gasteiger partial charge in [-0.15, -0.1) is 0 Å². The van der Waals surface area contributed by atoms with Crippen molar-refractivity contribution in [1.29, 1.82) is 0 Å². The lowest BCUT2D eigenvalue weighted by Gasteiger charge is -2.05. The molecule has 23 heavy (non-hydrogen) atoms. The zero-order chi connectivity index (χ0) is 16.8. The van der Waals surface area contributed by atoms with E-state index in [4.69, 9.17) is 10.5 Å². The Morgan fingerprint density at radius 2 is 2.04 bits per heavy atom. The van der Waals surface area contributed by atoms with Crippen molar-refractivity contribution in [3.63, 3.8) is 0 Å². The van der Waals surface area contributed by atoms with Crippen LogP contribution >= 0.6 is 11.3 Å². The maximum atomic E-state index is 12.0. The van der Waals surface area contributed by atoms with Crippen LogP contribution in [0, 0.1) is 0 Å². The number of hydrogen-bond acceptors (Lipinski definition) is 8. The molecule has 0 aliphatic heterocycles. The number of nitrogen functional groups attached to an aromatic ring is 1. The molecule has 0 amide bonds. The van der Waals surface area contributed by atoms with E-state index < -0.39 is 5.97 Å². The van der Waals surface area contributed by atoms with Gasteiger partial charge in [-0.2, -0.15) is 5.10 Å². The summed E-state index contributed by atoms with van der Waals surface area (Å²) < 4.78 is 4.99. The molecule has 0 saturated carbocycles. The van der Waals surface area contributed by atoms with Gasteiger partial charge in [0.2, 0.25) is 0 Å². The summed E-state index contributed by atoms with van der Waals surface area (Å²) in [5, 5.41) is 4.43. The summed E-state index contributed by atoms with van der Waals surface area (Å²) in [5.74, 6) is -0.587. The van der Waals surface area contributed by atoms with E-state index in [0.717, 1.165) is 11.3 Å². The monoisotopic (exact) mass is 332 g/mol. The minimum absolute atomic E-state index is 0.0209. The lowest BCUT2D eigenvalue weighted by atomic mass is 10.1. The molecule has 0 unspecified atom stereocenters. The first-order valence-electron chi connectivity index (χ1n) is 6.84. The average Bonchev–Trinajstić information content (AvgIpc) is 2.94. The minimum atomic E-state index is -0.566. The molecule has 0 aliphatic rings. The molecule has 1 aromatic heterocycles. The van der Waals surface area contributed by atoms with Crippen LogP contribution in [0.4, 0.5) is 10.8 Å². The van der Waals surface area contributed by atoms with E-state index in [-0.39, 0.29) is 18.1 Å². The molecule has 0 saturated heterocycles. The van der Waals surface area contributed by atoms with Gasteiger partial charge in [-0.05, 0) is 38.1 Å². The van der Waals surface area contributed by atoms with Gasteiger partial charge in [-0.1, -0.05) is 11.3 Å². The van der Waals surface area contributed by atoms with Crippen molar-refractivity contribution < 1.29 is 14.3 Å². The van der Waals surface area contributed by atoms with Crippen molar-refractivity contribution in [3.8, 4) is 0 Å². The zero-order valence-corrected chi connectivity index (χ0v) is 13.5. The number of nitrogens with zero attached hydrogens (tertiary/aromatic N) is 2. The van der Waals surface area contributed by atoms with Crippen LogP contribution in [0.25, 0.3) is 0 Å². The zero-order valence-electron chi connectivity index (χ0n) is 12.7. The number of benzene rings is 1. The van der Waals surface area contributed by atoms with Gasteiger partial charge in [0.15, 0.2) is 16.6 Å². The van der Waals surface area contributed by atoms with Crippen LogP contribution in [0.15, 0.2) is 35.6 Å². The second kappa shape index (κ2) is 7.50. The molecule has 3 N–H and O–H groups in total. The summed E-state index contributed by atoms with van der Waals surface area (Å²) in [6, 6.07) is 6.75. The number of hydrogen-bond donors (Lipinski definition) is 2. The Kier molecular flexibility index (Phi) is 5.42. The first kappa shape index (κ1) is 16.6. The van der Waals surface area contributed by atoms with E-state index in [0.29, 0.717) is 21.3 Å². The molecule has 0 spiro atoms. The number of thiazole rings is 1. The molecule has 1 aromatic carbocycles. The van der Waals surface area contributed by atoms with Crippen LogP contribution in [0.5, 0.6) is 0 Å². The van der Waals surface area contributed by atoms with E-state index in [1.54, 1.807) is 31.2 Å². The van der Waals surface area contributed by atoms with Crippen molar-refractivity contribution >= 4 is 39.6 Å². The summed E-state index contributed by atoms with van der Waals surface area (Å²) in [6.45, 7) is 3.44. The third-order valence-corrected chi connectivity index (χ3v) is 3.65. The Balaban J connectivity index is 2.22. The second-order valence-electron chi connectivity index (χ2n) is 4.49. The molecule has 0 aliphatic carbocycles. The molecule has 8 heteroatoms. The van der Waals surface area contributed by atoms with Gasteiger partial charge in [0, 0.05) is 11.8 Å². The molecular formula is C15H16N4O3S. The summed E-state index contributed by atoms with van der Waals surface area (Å²) in [6.07, 6.45) is 1.47. The van der Waals surface area contributed by atoms with Crippen molar-refractivity contribution in [3.05, 3.63) is 40.9 Å². The number of ether oxygens (including phenoxy) is 1. The number of carbonyl (C=O) groups excluding carboxylic acids is 2. The number of nitrogens with one attached hydrogen (secondary N) is 1. The fourth-order valence-electron chi connectivity index (χ4n) is 1.70. The standard InChI is InChI=1S/C15H16N4O3S/c1-3-22-14(21)13(12-8-17-15(16)23-12)19-18-11-6-4-10(5-7-11)9(2)20/h4-8,18H,3H2,1-2H3,(H2,16,17). The number of nitrogens with two attached hydrogens (primary N) is 1. The van der Waals surface area contributed by atoms with E-state index in [2.05, 4.69) is 15.5 Å². The van der Waals surface area contributed by atoms with Gasteiger partial charge in [-0.3, -0.25) is 10.2 Å². The number of carbonyl (C=O) groups is 2. The fraction of sp³-hybridized carbons (Fsp3) is 0.200. The first-order chi connectivity index (χ1) is 11.0. The maximum Gasteiger partial charge on any atom is 0.360 e. The number of ketones is 1. The van der Waals surface area contributed by atoms with Crippen LogP contribution in [0.1, 0.15) is 29.1 Å². The maximum absolute atomic E-state index is 12.0. The molecule has 0 radical (unpaired) electrons. The van der Waals surface area contributed by atoms with Crippen LogP contribution in [0.2, 0.25) is 0 Å². The Bertz CT molecular complexity index is 737. The molecular weight excluding hydrogens is 316 g/mol. The molecule has 2 aromatic rings. The van der Waals surface area contributed by atoms with Gasteiger partial charge >= 0.3 is 5.97 Å². The fourth-order valence-corrected chi connectivity index (χ4v) is 2.36. The summed E-state index contributed by atoms with van der Waals surface area (Å²) >= 11 is 1.14. The quantitative estimate of drug-likeness (QED) is 0.364. The lowest BCUT2D eigenvalue weighted by Crippen LogP contribution is -2.19. The third-order valence-electron chi connectivity index (χ3n) is 2.81. The van der Waals surface area contributed by atoms with Crippen molar-refractivity contribution in [2.75, 3.05) is 17.8 Å². The Labute approximate surface area is 137 Å². The van der Waals surface area contributed by atoms with Crippen molar-refractivity contribution in [2.24, 2.45) is 5.10 Å². The van der Waals surface area contributed by atoms with Crippen LogP contribution < -0.4 is 11.2 Å². The number of rotatable bonds is 6. The van der Waals surface area contributed by atoms with Crippen LogP contribution in [-0.4, -0.2) is 29.1 Å². The normalized spacial score (nSPS) is 11.1. The van der Waals surface area contributed by atoms with Gasteiger partial charge in [0.25, 0.3) is 0 Å². The van der Waals surface area contributed by atoms with Gasteiger partial charge < -0.3 is 10.5 Å². The second-order valence-corrected chi connectivity index (χ2v) is 5.55. The van der Waals surface area contributed by atoms with Crippen LogP contribution in [-0.2, 0) is 9.53 Å². The van der Waals surface area contributed by atoms with Crippen molar-refractivity contribution in [1.82, 2.24) is 4.98 Å². The van der Waals surface area contributed by atoms with Gasteiger partial charge in [0.1, 0.15) is 0 Å². The Morgan fingerprint density at radius 1 is 1.35 bits per heavy atom. The van der Waals surface area contributed by atoms with E-state index in [1.165, 1.54) is 13.1 Å². The predicted octanol–water partition coefficient (Wildman–Crippen LogP) is 2.31. The first-order valence-corrected chi connectivity index (χ1v) is 7.66. The molecule has 1 heterocycles. The summed E-state index contributed by atoms with van der Waals surface area (Å²) in [7, 11) is 0. The number of esters is 1. The number of anilines is 2. The molecule has 0 atom stereocenters. The largest absolute Gasteiger partial charge is 0.461 e. The predicted molar refractivity (Wildman–Crippen MR) is 89.8 cm³/mol. The third kappa shape index (κ3) is 4.36.